The standard InChI is InChI=1S/C26H26N4O4S3/c1-18(2)30-25(31)23(36-26(30)35)16-20-17-29(21-8-4-3-5-9-21)27-24(20)19-7-6-10-22(15-19)37(32,33)28-11-13-34-14-12-28/h3-10,15-18H,11-14H2,1-2H3/b23-16-. The van der Waals surface area contributed by atoms with Gasteiger partial charge in [-0.25, -0.2) is 13.1 Å². The van der Waals surface area contributed by atoms with Crippen LogP contribution in [0.5, 0.6) is 0 Å². The van der Waals surface area contributed by atoms with Crippen LogP contribution < -0.4 is 0 Å². The molecule has 0 aliphatic carbocycles. The Morgan fingerprint density at radius 1 is 1.08 bits per heavy atom. The number of hydrogen-bond acceptors (Lipinski definition) is 7. The molecule has 0 N–H and O–H groups in total. The van der Waals surface area contributed by atoms with Crippen molar-refractivity contribution < 1.29 is 17.9 Å². The Morgan fingerprint density at radius 3 is 2.49 bits per heavy atom. The quantitative estimate of drug-likeness (QED) is 0.334. The van der Waals surface area contributed by atoms with E-state index in [1.54, 1.807) is 33.9 Å². The fourth-order valence-corrected chi connectivity index (χ4v) is 7.21. The van der Waals surface area contributed by atoms with E-state index >= 15 is 0 Å². The first-order chi connectivity index (χ1) is 17.8. The van der Waals surface area contributed by atoms with Gasteiger partial charge in [0, 0.05) is 36.5 Å². The van der Waals surface area contributed by atoms with Gasteiger partial charge in [-0.05, 0) is 44.2 Å². The molecule has 2 fully saturated rings. The maximum atomic E-state index is 13.3. The number of aromatic nitrogens is 2. The molecule has 1 aromatic heterocycles. The molecule has 2 aliphatic rings. The first-order valence-corrected chi connectivity index (χ1v) is 14.5. The van der Waals surface area contributed by atoms with Gasteiger partial charge in [-0.1, -0.05) is 54.3 Å². The number of rotatable bonds is 6. The molecule has 0 unspecified atom stereocenters. The van der Waals surface area contributed by atoms with Crippen molar-refractivity contribution in [2.24, 2.45) is 0 Å². The van der Waals surface area contributed by atoms with Crippen LogP contribution in [-0.4, -0.2) is 70.0 Å². The van der Waals surface area contributed by atoms with E-state index in [4.69, 9.17) is 22.1 Å². The summed E-state index contributed by atoms with van der Waals surface area (Å²) in [7, 11) is -3.68. The maximum Gasteiger partial charge on any atom is 0.266 e. The number of amides is 1. The molecular formula is C26H26N4O4S3. The summed E-state index contributed by atoms with van der Waals surface area (Å²) in [6.45, 7) is 5.23. The van der Waals surface area contributed by atoms with Crippen molar-refractivity contribution in [3.05, 3.63) is 71.3 Å². The highest BCUT2D eigenvalue weighted by Crippen LogP contribution is 2.36. The van der Waals surface area contributed by atoms with Gasteiger partial charge in [0.25, 0.3) is 5.91 Å². The van der Waals surface area contributed by atoms with E-state index in [0.29, 0.717) is 52.3 Å². The number of benzene rings is 2. The zero-order valence-corrected chi connectivity index (χ0v) is 22.9. The van der Waals surface area contributed by atoms with Crippen molar-refractivity contribution in [1.82, 2.24) is 19.0 Å². The summed E-state index contributed by atoms with van der Waals surface area (Å²) in [4.78, 5) is 15.4. The molecule has 0 radical (unpaired) electrons. The van der Waals surface area contributed by atoms with Crippen LogP contribution in [0.4, 0.5) is 0 Å². The Hall–Kier alpha value is -2.83. The van der Waals surface area contributed by atoms with Crippen LogP contribution in [-0.2, 0) is 19.6 Å². The summed E-state index contributed by atoms with van der Waals surface area (Å²) >= 11 is 6.70. The number of sulfonamides is 1. The third-order valence-corrected chi connectivity index (χ3v) is 9.33. The summed E-state index contributed by atoms with van der Waals surface area (Å²) in [5, 5.41) is 4.80. The molecule has 11 heteroatoms. The topological polar surface area (TPSA) is 84.7 Å². The van der Waals surface area contributed by atoms with E-state index in [9.17, 15) is 13.2 Å². The molecule has 0 spiro atoms. The van der Waals surface area contributed by atoms with Crippen LogP contribution in [0.25, 0.3) is 23.0 Å². The smallest absolute Gasteiger partial charge is 0.266 e. The predicted octanol–water partition coefficient (Wildman–Crippen LogP) is 4.17. The molecule has 5 rings (SSSR count). The van der Waals surface area contributed by atoms with Crippen LogP contribution in [0, 0.1) is 0 Å². The average Bonchev–Trinajstić information content (AvgIpc) is 3.45. The fraction of sp³-hybridized carbons (Fsp3) is 0.269. The largest absolute Gasteiger partial charge is 0.379 e. The first-order valence-electron chi connectivity index (χ1n) is 11.9. The summed E-state index contributed by atoms with van der Waals surface area (Å²) < 4.78 is 35.6. The molecule has 0 atom stereocenters. The summed E-state index contributed by atoms with van der Waals surface area (Å²) in [6.07, 6.45) is 3.63. The van der Waals surface area contributed by atoms with Gasteiger partial charge < -0.3 is 4.74 Å². The Kier molecular flexibility index (Phi) is 7.32. The summed E-state index contributed by atoms with van der Waals surface area (Å²) in [5.41, 5.74) is 2.73. The molecule has 2 aliphatic heterocycles. The highest BCUT2D eigenvalue weighted by atomic mass is 32.2. The molecule has 3 aromatic rings. The lowest BCUT2D eigenvalue weighted by Crippen LogP contribution is -2.40. The van der Waals surface area contributed by atoms with E-state index in [1.807, 2.05) is 56.4 Å². The highest BCUT2D eigenvalue weighted by molar-refractivity contribution is 8.26. The minimum absolute atomic E-state index is 0.0491. The van der Waals surface area contributed by atoms with Crippen LogP contribution in [0.1, 0.15) is 19.4 Å². The van der Waals surface area contributed by atoms with Crippen molar-refractivity contribution >= 4 is 50.3 Å². The molecule has 2 aromatic carbocycles. The Labute approximate surface area is 226 Å². The maximum absolute atomic E-state index is 13.3. The second kappa shape index (κ2) is 10.5. The number of carbonyl (C=O) groups is 1. The van der Waals surface area contributed by atoms with E-state index in [0.717, 1.165) is 5.69 Å². The van der Waals surface area contributed by atoms with E-state index < -0.39 is 10.0 Å². The molecule has 192 valence electrons. The monoisotopic (exact) mass is 554 g/mol. The Morgan fingerprint density at radius 2 is 1.81 bits per heavy atom. The number of ether oxygens (including phenoxy) is 1. The highest BCUT2D eigenvalue weighted by Gasteiger charge is 2.34. The molecule has 3 heterocycles. The van der Waals surface area contributed by atoms with Crippen LogP contribution in [0.2, 0.25) is 0 Å². The van der Waals surface area contributed by atoms with Gasteiger partial charge in [0.2, 0.25) is 10.0 Å². The normalized spacial score (nSPS) is 18.4. The molecule has 0 saturated carbocycles. The van der Waals surface area contributed by atoms with Crippen molar-refractivity contribution in [1.29, 1.82) is 0 Å². The lowest BCUT2D eigenvalue weighted by molar-refractivity contribution is -0.123. The van der Waals surface area contributed by atoms with E-state index in [-0.39, 0.29) is 16.8 Å². The van der Waals surface area contributed by atoms with Gasteiger partial charge in [0.1, 0.15) is 10.0 Å². The van der Waals surface area contributed by atoms with Crippen LogP contribution >= 0.6 is 24.0 Å². The summed E-state index contributed by atoms with van der Waals surface area (Å²) in [6, 6.07) is 16.3. The van der Waals surface area contributed by atoms with Crippen molar-refractivity contribution in [3.63, 3.8) is 0 Å². The fourth-order valence-electron chi connectivity index (χ4n) is 4.24. The number of nitrogens with zero attached hydrogens (tertiary/aromatic N) is 4. The number of morpholine rings is 1. The average molecular weight is 555 g/mol. The molecule has 37 heavy (non-hydrogen) atoms. The SMILES string of the molecule is CC(C)N1C(=O)/C(=C/c2cn(-c3ccccc3)nc2-c2cccc(S(=O)(=O)N3CCOCC3)c2)SC1=S. The second-order valence-electron chi connectivity index (χ2n) is 8.90. The molecule has 1 amide bonds. The van der Waals surface area contributed by atoms with Gasteiger partial charge in [0.15, 0.2) is 0 Å². The molecule has 2 saturated heterocycles. The van der Waals surface area contributed by atoms with Crippen molar-refractivity contribution in [2.75, 3.05) is 26.3 Å². The van der Waals surface area contributed by atoms with Gasteiger partial charge in [-0.2, -0.15) is 9.40 Å². The lowest BCUT2D eigenvalue weighted by Gasteiger charge is -2.26. The minimum Gasteiger partial charge on any atom is -0.379 e. The molecule has 8 nitrogen and oxygen atoms in total. The van der Waals surface area contributed by atoms with Gasteiger partial charge in [-0.3, -0.25) is 9.69 Å². The first kappa shape index (κ1) is 25.8. The van der Waals surface area contributed by atoms with Crippen LogP contribution in [0.3, 0.4) is 0 Å². The van der Waals surface area contributed by atoms with Gasteiger partial charge in [0.05, 0.1) is 28.7 Å². The number of carbonyl (C=O) groups excluding carboxylic acids is 1. The number of para-hydroxylation sites is 1. The summed E-state index contributed by atoms with van der Waals surface area (Å²) in [5.74, 6) is -0.146. The lowest BCUT2D eigenvalue weighted by atomic mass is 10.1. The minimum atomic E-state index is -3.68. The Balaban J connectivity index is 1.59. The number of thioether (sulfide) groups is 1. The Bertz CT molecular complexity index is 1480. The zero-order valence-electron chi connectivity index (χ0n) is 20.4. The zero-order chi connectivity index (χ0) is 26.2. The third kappa shape index (κ3) is 5.14. The van der Waals surface area contributed by atoms with Crippen molar-refractivity contribution in [2.45, 2.75) is 24.8 Å². The van der Waals surface area contributed by atoms with Crippen LogP contribution in [0.15, 0.2) is 70.6 Å². The molecule has 0 bridgehead atoms. The number of thiocarbonyl (C=S) groups is 1. The van der Waals surface area contributed by atoms with Gasteiger partial charge in [-0.15, -0.1) is 0 Å². The van der Waals surface area contributed by atoms with E-state index in [2.05, 4.69) is 0 Å². The third-order valence-electron chi connectivity index (χ3n) is 6.11. The van der Waals surface area contributed by atoms with E-state index in [1.165, 1.54) is 16.1 Å². The van der Waals surface area contributed by atoms with Crippen molar-refractivity contribution in [3.8, 4) is 16.9 Å². The molecular weight excluding hydrogens is 529 g/mol. The second-order valence-corrected chi connectivity index (χ2v) is 12.5. The van der Waals surface area contributed by atoms with Gasteiger partial charge >= 0.3 is 0 Å². The predicted molar refractivity (Wildman–Crippen MR) is 149 cm³/mol. The number of hydrogen-bond donors (Lipinski definition) is 0.